The number of hydrogen-bond acceptors (Lipinski definition) is 1. The largest absolute Gasteiger partial charge is 0.324 e. The van der Waals surface area contributed by atoms with E-state index >= 15 is 0 Å². The normalized spacial score (nSPS) is 9.78. The molecule has 0 radical (unpaired) electrons. The van der Waals surface area contributed by atoms with E-state index in [0.717, 1.165) is 0 Å². The molecule has 0 spiro atoms. The molecule has 2 N–H and O–H groups in total. The molecule has 0 aromatic carbocycles. The molecule has 0 aromatic heterocycles. The van der Waals surface area contributed by atoms with Crippen molar-refractivity contribution in [1.82, 2.24) is 0 Å². The predicted octanol–water partition coefficient (Wildman–Crippen LogP) is 0.750. The molecule has 1 nitrogen and oxygen atoms in total. The first kappa shape index (κ1) is 8.08. The topological polar surface area (TPSA) is 26.0 Å². The van der Waals surface area contributed by atoms with Gasteiger partial charge in [0.05, 0.1) is 0 Å². The quantitative estimate of drug-likeness (QED) is 0.536. The Kier molecular flexibility index (Phi) is 2.85. The Hall–Kier alpha value is -0.920. The molecule has 0 saturated carbocycles. The molecule has 0 aromatic rings. The van der Waals surface area contributed by atoms with Gasteiger partial charge in [0.1, 0.15) is 0 Å². The van der Waals surface area contributed by atoms with Crippen LogP contribution in [-0.2, 0) is 0 Å². The van der Waals surface area contributed by atoms with Crippen LogP contribution in [0.3, 0.4) is 0 Å². The van der Waals surface area contributed by atoms with Crippen LogP contribution in [0.25, 0.3) is 0 Å². The van der Waals surface area contributed by atoms with Crippen LogP contribution in [-0.4, -0.2) is 5.54 Å². The third-order valence-electron chi connectivity index (χ3n) is 1.01. The van der Waals surface area contributed by atoms with Gasteiger partial charge in [-0.25, -0.2) is 0 Å². The van der Waals surface area contributed by atoms with Gasteiger partial charge in [-0.1, -0.05) is 0 Å². The Labute approximate surface area is 56.6 Å². The third kappa shape index (κ3) is 3.64. The number of hydrogen-bond donors (Lipinski definition) is 1. The highest BCUT2D eigenvalue weighted by atomic mass is 14.7. The fourth-order valence-corrected chi connectivity index (χ4v) is 0.529. The van der Waals surface area contributed by atoms with Gasteiger partial charge in [0.25, 0.3) is 0 Å². The molecule has 0 rings (SSSR count). The van der Waals surface area contributed by atoms with Crippen LogP contribution < -0.4 is 5.73 Å². The molecule has 0 aliphatic heterocycles. The zero-order valence-corrected chi connectivity index (χ0v) is 5.65. The van der Waals surface area contributed by atoms with E-state index in [2.05, 4.69) is 11.8 Å². The van der Waals surface area contributed by atoms with E-state index in [4.69, 9.17) is 18.6 Å². The van der Waals surface area contributed by atoms with Crippen LogP contribution in [0.4, 0.5) is 0 Å². The van der Waals surface area contributed by atoms with Crippen molar-refractivity contribution in [3.8, 4) is 24.7 Å². The minimum absolute atomic E-state index is 0.372. The first-order valence-electron chi connectivity index (χ1n) is 2.78. The lowest BCUT2D eigenvalue weighted by atomic mass is 9.96. The SMILES string of the molecule is C#CCC(C)(N)CC#C. The summed E-state index contributed by atoms with van der Waals surface area (Å²) in [5.41, 5.74) is 5.28. The van der Waals surface area contributed by atoms with Gasteiger partial charge in [-0.15, -0.1) is 24.7 Å². The standard InChI is InChI=1S/C8H11N/c1-4-6-8(3,9)7-5-2/h1-2H,6-7,9H2,3H3. The van der Waals surface area contributed by atoms with Crippen LogP contribution in [0.15, 0.2) is 0 Å². The van der Waals surface area contributed by atoms with Gasteiger partial charge < -0.3 is 5.73 Å². The summed E-state index contributed by atoms with van der Waals surface area (Å²) in [5.74, 6) is 4.94. The maximum absolute atomic E-state index is 5.65. The van der Waals surface area contributed by atoms with Crippen molar-refractivity contribution in [1.29, 1.82) is 0 Å². The van der Waals surface area contributed by atoms with Crippen molar-refractivity contribution in [2.45, 2.75) is 25.3 Å². The summed E-state index contributed by atoms with van der Waals surface area (Å²) in [7, 11) is 0. The number of nitrogens with two attached hydrogens (primary N) is 1. The van der Waals surface area contributed by atoms with Gasteiger partial charge >= 0.3 is 0 Å². The maximum atomic E-state index is 5.65. The second-order valence-electron chi connectivity index (χ2n) is 2.42. The smallest absolute Gasteiger partial charge is 0.0346 e. The van der Waals surface area contributed by atoms with E-state index in [9.17, 15) is 0 Å². The van der Waals surface area contributed by atoms with E-state index in [1.165, 1.54) is 0 Å². The zero-order chi connectivity index (χ0) is 7.33. The van der Waals surface area contributed by atoms with Gasteiger partial charge in [0.2, 0.25) is 0 Å². The molecule has 0 aliphatic carbocycles. The van der Waals surface area contributed by atoms with Gasteiger partial charge in [0, 0.05) is 18.4 Å². The van der Waals surface area contributed by atoms with Crippen molar-refractivity contribution in [3.05, 3.63) is 0 Å². The second kappa shape index (κ2) is 3.17. The fourth-order valence-electron chi connectivity index (χ4n) is 0.529. The van der Waals surface area contributed by atoms with E-state index in [1.54, 1.807) is 0 Å². The van der Waals surface area contributed by atoms with Crippen LogP contribution in [0, 0.1) is 24.7 Å². The van der Waals surface area contributed by atoms with E-state index in [-0.39, 0.29) is 5.54 Å². The van der Waals surface area contributed by atoms with Gasteiger partial charge in [-0.3, -0.25) is 0 Å². The van der Waals surface area contributed by atoms with Gasteiger partial charge in [-0.2, -0.15) is 0 Å². The summed E-state index contributed by atoms with van der Waals surface area (Å²) in [6.07, 6.45) is 11.2. The Balaban J connectivity index is 3.77. The average molecular weight is 121 g/mol. The van der Waals surface area contributed by atoms with Crippen LogP contribution in [0.2, 0.25) is 0 Å². The zero-order valence-electron chi connectivity index (χ0n) is 5.65. The molecule has 0 atom stereocenters. The minimum atomic E-state index is -0.372. The summed E-state index contributed by atoms with van der Waals surface area (Å²) in [6, 6.07) is 0. The Morgan fingerprint density at radius 3 is 1.89 bits per heavy atom. The number of rotatable bonds is 2. The molecule has 0 amide bonds. The van der Waals surface area contributed by atoms with Crippen LogP contribution in [0.1, 0.15) is 19.8 Å². The molecule has 0 fully saturated rings. The van der Waals surface area contributed by atoms with E-state index in [0.29, 0.717) is 12.8 Å². The van der Waals surface area contributed by atoms with Crippen molar-refractivity contribution in [2.24, 2.45) is 5.73 Å². The summed E-state index contributed by atoms with van der Waals surface area (Å²) in [5, 5.41) is 0. The van der Waals surface area contributed by atoms with Crippen molar-refractivity contribution in [2.75, 3.05) is 0 Å². The first-order chi connectivity index (χ1) is 4.12. The lowest BCUT2D eigenvalue weighted by Gasteiger charge is -2.17. The van der Waals surface area contributed by atoms with Gasteiger partial charge in [0.15, 0.2) is 0 Å². The summed E-state index contributed by atoms with van der Waals surface area (Å²) in [6.45, 7) is 1.85. The molecular formula is C8H11N. The molecule has 48 valence electrons. The molecule has 0 bridgehead atoms. The monoisotopic (exact) mass is 121 g/mol. The molecule has 0 heterocycles. The molecule has 0 unspecified atom stereocenters. The lowest BCUT2D eigenvalue weighted by molar-refractivity contribution is 0.496. The summed E-state index contributed by atoms with van der Waals surface area (Å²) in [4.78, 5) is 0. The molecule has 1 heteroatoms. The van der Waals surface area contributed by atoms with E-state index in [1.807, 2.05) is 6.92 Å². The van der Waals surface area contributed by atoms with Crippen LogP contribution in [0.5, 0.6) is 0 Å². The van der Waals surface area contributed by atoms with Crippen LogP contribution >= 0.6 is 0 Å². The fraction of sp³-hybridized carbons (Fsp3) is 0.500. The first-order valence-corrected chi connectivity index (χ1v) is 2.78. The predicted molar refractivity (Wildman–Crippen MR) is 39.5 cm³/mol. The highest BCUT2D eigenvalue weighted by Gasteiger charge is 2.13. The maximum Gasteiger partial charge on any atom is 0.0346 e. The van der Waals surface area contributed by atoms with Crippen molar-refractivity contribution >= 4 is 0 Å². The average Bonchev–Trinajstić information content (AvgIpc) is 1.64. The highest BCUT2D eigenvalue weighted by molar-refractivity contribution is 5.02. The molecule has 0 saturated heterocycles. The minimum Gasteiger partial charge on any atom is -0.324 e. The Bertz CT molecular complexity index is 136. The second-order valence-corrected chi connectivity index (χ2v) is 2.42. The van der Waals surface area contributed by atoms with E-state index < -0.39 is 0 Å². The summed E-state index contributed by atoms with van der Waals surface area (Å²) >= 11 is 0. The van der Waals surface area contributed by atoms with Gasteiger partial charge in [-0.05, 0) is 6.92 Å². The van der Waals surface area contributed by atoms with Crippen molar-refractivity contribution in [3.63, 3.8) is 0 Å². The van der Waals surface area contributed by atoms with Crippen molar-refractivity contribution < 1.29 is 0 Å². The summed E-state index contributed by atoms with van der Waals surface area (Å²) < 4.78 is 0. The Morgan fingerprint density at radius 1 is 1.33 bits per heavy atom. The molecule has 9 heavy (non-hydrogen) atoms. The molecule has 0 aliphatic rings. The third-order valence-corrected chi connectivity index (χ3v) is 1.01. The lowest BCUT2D eigenvalue weighted by Crippen LogP contribution is -2.34. The molecular weight excluding hydrogens is 110 g/mol. The highest BCUT2D eigenvalue weighted by Crippen LogP contribution is 2.07. The Morgan fingerprint density at radius 2 is 1.67 bits per heavy atom. The number of terminal acetylenes is 2.